The van der Waals surface area contributed by atoms with Gasteiger partial charge in [-0.05, 0) is 42.0 Å². The average Bonchev–Trinajstić information content (AvgIpc) is 2.93. The Bertz CT molecular complexity index is 974. The number of halogens is 1. The molecule has 0 saturated heterocycles. The van der Waals surface area contributed by atoms with Gasteiger partial charge in [-0.15, -0.1) is 0 Å². The second-order valence-electron chi connectivity index (χ2n) is 5.51. The Balaban J connectivity index is 1.83. The van der Waals surface area contributed by atoms with E-state index in [0.717, 1.165) is 5.56 Å². The van der Waals surface area contributed by atoms with Crippen LogP contribution in [-0.4, -0.2) is 20.6 Å². The van der Waals surface area contributed by atoms with Crippen molar-refractivity contribution >= 4 is 15.4 Å². The third kappa shape index (κ3) is 4.05. The predicted molar refractivity (Wildman–Crippen MR) is 90.7 cm³/mol. The summed E-state index contributed by atoms with van der Waals surface area (Å²) in [6.07, 6.45) is 1.56. The highest BCUT2D eigenvalue weighted by Gasteiger charge is 2.08. The van der Waals surface area contributed by atoms with Crippen molar-refractivity contribution in [2.45, 2.75) is 12.7 Å². The van der Waals surface area contributed by atoms with Crippen molar-refractivity contribution in [3.05, 3.63) is 65.8 Å². The van der Waals surface area contributed by atoms with Gasteiger partial charge >= 0.3 is 0 Å². The quantitative estimate of drug-likeness (QED) is 0.713. The number of benzene rings is 2. The summed E-state index contributed by atoms with van der Waals surface area (Å²) in [5.74, 6) is 0.834. The normalized spacial score (nSPS) is 13.5. The Kier molecular flexibility index (Phi) is 4.44. The van der Waals surface area contributed by atoms with Gasteiger partial charge in [-0.25, -0.2) is 8.60 Å². The second-order valence-corrected chi connectivity index (χ2v) is 7.90. The fourth-order valence-electron chi connectivity index (χ4n) is 2.28. The minimum atomic E-state index is -2.52. The van der Waals surface area contributed by atoms with Crippen molar-refractivity contribution < 1.29 is 13.1 Å². The Morgan fingerprint density at radius 3 is 2.58 bits per heavy atom. The number of hydrogen-bond acceptors (Lipinski definition) is 5. The molecule has 5 nitrogen and oxygen atoms in total. The third-order valence-electron chi connectivity index (χ3n) is 3.28. The van der Waals surface area contributed by atoms with E-state index in [1.165, 1.54) is 12.1 Å². The third-order valence-corrected chi connectivity index (χ3v) is 4.74. The number of rotatable bonds is 4. The van der Waals surface area contributed by atoms with Gasteiger partial charge in [0.15, 0.2) is 0 Å². The van der Waals surface area contributed by atoms with Crippen LogP contribution >= 0.6 is 0 Å². The Morgan fingerprint density at radius 1 is 1.21 bits per heavy atom. The zero-order valence-corrected chi connectivity index (χ0v) is 14.1. The lowest BCUT2D eigenvalue weighted by Crippen LogP contribution is -2.01. The van der Waals surface area contributed by atoms with E-state index in [2.05, 4.69) is 14.5 Å². The van der Waals surface area contributed by atoms with Crippen molar-refractivity contribution in [1.29, 1.82) is 0 Å². The molecule has 0 aliphatic carbocycles. The van der Waals surface area contributed by atoms with Crippen LogP contribution in [0.2, 0.25) is 0 Å². The summed E-state index contributed by atoms with van der Waals surface area (Å²) in [5, 5.41) is 3.85. The molecule has 7 heteroatoms. The van der Waals surface area contributed by atoms with E-state index in [9.17, 15) is 8.60 Å². The maximum Gasteiger partial charge on any atom is 0.223 e. The van der Waals surface area contributed by atoms with Gasteiger partial charge < -0.3 is 4.52 Å². The van der Waals surface area contributed by atoms with Crippen molar-refractivity contribution in [2.24, 2.45) is 4.36 Å². The number of hydrogen-bond donors (Lipinski definition) is 0. The van der Waals surface area contributed by atoms with Crippen LogP contribution in [0.3, 0.4) is 0 Å². The molecule has 1 unspecified atom stereocenters. The molecule has 1 aromatic heterocycles. The molecule has 0 amide bonds. The van der Waals surface area contributed by atoms with E-state index >= 15 is 0 Å². The highest BCUT2D eigenvalue weighted by molar-refractivity contribution is 7.92. The summed E-state index contributed by atoms with van der Waals surface area (Å²) in [4.78, 5) is 4.15. The summed E-state index contributed by atoms with van der Waals surface area (Å²) in [6.45, 7) is 1.72. The van der Waals surface area contributed by atoms with Crippen molar-refractivity contribution in [3.8, 4) is 11.4 Å². The van der Waals surface area contributed by atoms with Crippen LogP contribution in [-0.2, 0) is 15.5 Å². The van der Waals surface area contributed by atoms with E-state index in [1.807, 2.05) is 0 Å². The van der Waals surface area contributed by atoms with Crippen molar-refractivity contribution in [3.63, 3.8) is 0 Å². The van der Waals surface area contributed by atoms with Crippen LogP contribution in [0.4, 0.5) is 10.1 Å². The Morgan fingerprint density at radius 2 is 1.96 bits per heavy atom. The molecule has 3 aromatic rings. The maximum absolute atomic E-state index is 13.2. The maximum atomic E-state index is 13.2. The molecule has 0 N–H and O–H groups in total. The monoisotopic (exact) mass is 345 g/mol. The summed E-state index contributed by atoms with van der Waals surface area (Å²) in [6, 6.07) is 13.1. The average molecular weight is 345 g/mol. The number of aryl methyl sites for hydroxylation is 1. The molecular weight excluding hydrogens is 329 g/mol. The minimum absolute atomic E-state index is 0.191. The first-order valence-electron chi connectivity index (χ1n) is 7.26. The van der Waals surface area contributed by atoms with E-state index in [-0.39, 0.29) is 11.6 Å². The lowest BCUT2D eigenvalue weighted by atomic mass is 10.2. The molecule has 1 atom stereocenters. The lowest BCUT2D eigenvalue weighted by Gasteiger charge is -2.05. The molecule has 0 spiro atoms. The van der Waals surface area contributed by atoms with Crippen LogP contribution in [0.1, 0.15) is 11.5 Å². The summed E-state index contributed by atoms with van der Waals surface area (Å²) in [7, 11) is -2.52. The first-order chi connectivity index (χ1) is 11.4. The topological polar surface area (TPSA) is 68.3 Å². The first-order valence-corrected chi connectivity index (χ1v) is 9.35. The smallest absolute Gasteiger partial charge is 0.223 e. The summed E-state index contributed by atoms with van der Waals surface area (Å²) < 4.78 is 35.1. The van der Waals surface area contributed by atoms with Gasteiger partial charge in [0, 0.05) is 18.7 Å². The molecule has 124 valence electrons. The fourth-order valence-corrected chi connectivity index (χ4v) is 3.71. The van der Waals surface area contributed by atoms with Gasteiger partial charge in [-0.3, -0.25) is 0 Å². The lowest BCUT2D eigenvalue weighted by molar-refractivity contribution is 0.394. The molecule has 3 rings (SSSR count). The summed E-state index contributed by atoms with van der Waals surface area (Å²) in [5.41, 5.74) is 2.03. The van der Waals surface area contributed by atoms with Crippen LogP contribution in [0.25, 0.3) is 11.4 Å². The first kappa shape index (κ1) is 16.3. The Hall–Kier alpha value is -2.54. The highest BCUT2D eigenvalue weighted by atomic mass is 32.2. The number of nitrogens with zero attached hydrogens (tertiary/aromatic N) is 3. The molecule has 0 bridgehead atoms. The van der Waals surface area contributed by atoms with Crippen LogP contribution in [0, 0.1) is 12.7 Å². The molecule has 0 aliphatic rings. The molecular formula is C17H16FN3O2S. The van der Waals surface area contributed by atoms with Gasteiger partial charge in [0.25, 0.3) is 0 Å². The molecule has 0 fully saturated rings. The van der Waals surface area contributed by atoms with Crippen molar-refractivity contribution in [1.82, 2.24) is 10.1 Å². The zero-order valence-electron chi connectivity index (χ0n) is 13.3. The molecule has 1 heterocycles. The van der Waals surface area contributed by atoms with Crippen LogP contribution in [0.5, 0.6) is 0 Å². The standard InChI is InChI=1S/C17H16FN3O2S/c1-12-19-17(20-23-12)14-6-8-16(9-7-14)21-24(2,22)11-13-4-3-5-15(18)10-13/h3-10H,11H2,1-2H3. The second kappa shape index (κ2) is 6.52. The van der Waals surface area contributed by atoms with Gasteiger partial charge in [-0.2, -0.15) is 9.35 Å². The number of aromatic nitrogens is 2. The van der Waals surface area contributed by atoms with E-state index in [4.69, 9.17) is 4.52 Å². The van der Waals surface area contributed by atoms with Gasteiger partial charge in [0.2, 0.25) is 11.7 Å². The fraction of sp³-hybridized carbons (Fsp3) is 0.176. The molecule has 2 aromatic carbocycles. The van der Waals surface area contributed by atoms with Gasteiger partial charge in [0.05, 0.1) is 21.2 Å². The molecule has 24 heavy (non-hydrogen) atoms. The van der Waals surface area contributed by atoms with Gasteiger partial charge in [0.1, 0.15) is 5.82 Å². The van der Waals surface area contributed by atoms with Gasteiger partial charge in [-0.1, -0.05) is 17.3 Å². The van der Waals surface area contributed by atoms with E-state index in [1.54, 1.807) is 49.6 Å². The van der Waals surface area contributed by atoms with Crippen LogP contribution < -0.4 is 0 Å². The molecule has 0 saturated carbocycles. The van der Waals surface area contributed by atoms with Crippen LogP contribution in [0.15, 0.2) is 57.4 Å². The van der Waals surface area contributed by atoms with E-state index < -0.39 is 9.73 Å². The largest absolute Gasteiger partial charge is 0.339 e. The Labute approximate surface area is 139 Å². The molecule has 0 radical (unpaired) electrons. The molecule has 0 aliphatic heterocycles. The SMILES string of the molecule is Cc1nc(-c2ccc(N=S(C)(=O)Cc3cccc(F)c3)cc2)no1. The highest BCUT2D eigenvalue weighted by Crippen LogP contribution is 2.22. The predicted octanol–water partition coefficient (Wildman–Crippen LogP) is 4.11. The summed E-state index contributed by atoms with van der Waals surface area (Å²) >= 11 is 0. The zero-order chi connectivity index (χ0) is 17.2. The van der Waals surface area contributed by atoms with Crippen molar-refractivity contribution in [2.75, 3.05) is 6.26 Å². The minimum Gasteiger partial charge on any atom is -0.339 e. The van der Waals surface area contributed by atoms with E-state index in [0.29, 0.717) is 23.0 Å².